The summed E-state index contributed by atoms with van der Waals surface area (Å²) in [6.07, 6.45) is 6.20. The van der Waals surface area contributed by atoms with Crippen LogP contribution in [0.3, 0.4) is 0 Å². The van der Waals surface area contributed by atoms with Gasteiger partial charge in [-0.15, -0.1) is 11.3 Å². The summed E-state index contributed by atoms with van der Waals surface area (Å²) in [5, 5.41) is 12.0. The van der Waals surface area contributed by atoms with Crippen molar-refractivity contribution in [2.45, 2.75) is 64.4 Å². The van der Waals surface area contributed by atoms with Gasteiger partial charge in [0.15, 0.2) is 11.2 Å². The van der Waals surface area contributed by atoms with Crippen molar-refractivity contribution in [1.82, 2.24) is 0 Å². The minimum Gasteiger partial charge on any atom is -0.382 e. The second kappa shape index (κ2) is 10.6. The molecular formula is C30H32O3S. The number of rotatable bonds is 4. The van der Waals surface area contributed by atoms with Crippen LogP contribution in [0.4, 0.5) is 0 Å². The predicted molar refractivity (Wildman–Crippen MR) is 143 cm³/mol. The number of aryl methyl sites for hydroxylation is 2. The Labute approximate surface area is 205 Å². The highest BCUT2D eigenvalue weighted by atomic mass is 32.1. The summed E-state index contributed by atoms with van der Waals surface area (Å²) in [7, 11) is 0. The fraction of sp³-hybridized carbons (Fsp3) is 0.333. The quantitative estimate of drug-likeness (QED) is 0.254. The molecular weight excluding hydrogens is 440 g/mol. The summed E-state index contributed by atoms with van der Waals surface area (Å²) in [6, 6.07) is 21.3. The molecule has 0 unspecified atom stereocenters. The van der Waals surface area contributed by atoms with E-state index in [1.54, 1.807) is 23.5 Å². The van der Waals surface area contributed by atoms with Gasteiger partial charge in [0.25, 0.3) is 0 Å². The lowest BCUT2D eigenvalue weighted by Crippen LogP contribution is -2.40. The molecule has 0 saturated heterocycles. The molecule has 1 aliphatic rings. The van der Waals surface area contributed by atoms with Gasteiger partial charge in [-0.05, 0) is 55.0 Å². The van der Waals surface area contributed by atoms with Gasteiger partial charge in [-0.3, -0.25) is 9.59 Å². The van der Waals surface area contributed by atoms with E-state index in [0.29, 0.717) is 18.4 Å². The van der Waals surface area contributed by atoms with E-state index in [-0.39, 0.29) is 11.2 Å². The number of hydrogen-bond acceptors (Lipinski definition) is 4. The smallest absolute Gasteiger partial charge is 0.195 e. The maximum atomic E-state index is 12.6. The van der Waals surface area contributed by atoms with Gasteiger partial charge in [-0.1, -0.05) is 81.6 Å². The summed E-state index contributed by atoms with van der Waals surface area (Å²) >= 11 is 1.74. The first-order valence-corrected chi connectivity index (χ1v) is 13.1. The first-order chi connectivity index (χ1) is 16.5. The average Bonchev–Trinajstić information content (AvgIpc) is 2.89. The van der Waals surface area contributed by atoms with Crippen molar-refractivity contribution in [3.05, 3.63) is 93.6 Å². The Kier molecular flexibility index (Phi) is 7.60. The van der Waals surface area contributed by atoms with E-state index >= 15 is 0 Å². The van der Waals surface area contributed by atoms with E-state index in [1.807, 2.05) is 42.5 Å². The maximum Gasteiger partial charge on any atom is 0.195 e. The number of benzene rings is 3. The van der Waals surface area contributed by atoms with Crippen molar-refractivity contribution in [2.75, 3.05) is 0 Å². The molecule has 4 heteroatoms. The molecule has 1 heterocycles. The molecule has 0 bridgehead atoms. The van der Waals surface area contributed by atoms with Crippen LogP contribution in [0.15, 0.2) is 71.5 Å². The van der Waals surface area contributed by atoms with E-state index in [9.17, 15) is 14.7 Å². The first-order valence-electron chi connectivity index (χ1n) is 12.3. The molecule has 0 spiro atoms. The van der Waals surface area contributed by atoms with Crippen molar-refractivity contribution in [2.24, 2.45) is 0 Å². The van der Waals surface area contributed by atoms with Gasteiger partial charge in [0.05, 0.1) is 0 Å². The third-order valence-electron chi connectivity index (χ3n) is 6.74. The standard InChI is InChI=1S/C17H16OS.C13H16O2/c1-3-11-9-12(4-2)17-14(10-11)16(18)13-7-5-6-8-15(13)19-17;14-12(11-7-3-1-4-8-11)13(15)9-5-2-6-10-13/h5-10H,3-4H2,1-2H3;1,3-4,7-8,15H,2,5-6,9-10H2. The molecule has 1 aromatic heterocycles. The van der Waals surface area contributed by atoms with Crippen molar-refractivity contribution in [3.63, 3.8) is 0 Å². The van der Waals surface area contributed by atoms with Crippen LogP contribution < -0.4 is 5.43 Å². The number of Topliss-reactive ketones (excluding diaryl/α,β-unsaturated/α-hetero) is 1. The molecule has 0 amide bonds. The molecule has 1 N–H and O–H groups in total. The fourth-order valence-electron chi connectivity index (χ4n) is 4.73. The highest BCUT2D eigenvalue weighted by Crippen LogP contribution is 2.31. The molecule has 3 aromatic carbocycles. The topological polar surface area (TPSA) is 54.4 Å². The molecule has 0 atom stereocenters. The third-order valence-corrected chi connectivity index (χ3v) is 8.00. The lowest BCUT2D eigenvalue weighted by molar-refractivity contribution is 0.0116. The van der Waals surface area contributed by atoms with Gasteiger partial charge < -0.3 is 5.11 Å². The van der Waals surface area contributed by atoms with E-state index in [4.69, 9.17) is 0 Å². The summed E-state index contributed by atoms with van der Waals surface area (Å²) in [5.41, 5.74) is 2.25. The monoisotopic (exact) mass is 472 g/mol. The molecule has 176 valence electrons. The predicted octanol–water partition coefficient (Wildman–Crippen LogP) is 7.10. The number of carbonyl (C=O) groups excluding carboxylic acids is 1. The number of fused-ring (bicyclic) bond motifs is 2. The lowest BCUT2D eigenvalue weighted by atomic mass is 9.79. The maximum absolute atomic E-state index is 12.6. The van der Waals surface area contributed by atoms with Gasteiger partial charge >= 0.3 is 0 Å². The zero-order valence-electron chi connectivity index (χ0n) is 20.0. The average molecular weight is 473 g/mol. The van der Waals surface area contributed by atoms with Crippen LogP contribution in [0.1, 0.15) is 67.4 Å². The number of carbonyl (C=O) groups is 1. The van der Waals surface area contributed by atoms with E-state index in [0.717, 1.165) is 52.3 Å². The molecule has 5 rings (SSSR count). The van der Waals surface area contributed by atoms with Crippen molar-refractivity contribution in [1.29, 1.82) is 0 Å². The van der Waals surface area contributed by atoms with Crippen molar-refractivity contribution >= 4 is 37.3 Å². The SMILES string of the molecule is CCc1cc(CC)c2sc3ccccc3c(=O)c2c1.O=C(c1ccccc1)C1(O)CCCCC1. The third kappa shape index (κ3) is 4.98. The van der Waals surface area contributed by atoms with Gasteiger partial charge in [0.1, 0.15) is 5.60 Å². The Bertz CT molecular complexity index is 1350. The van der Waals surface area contributed by atoms with Crippen LogP contribution in [-0.2, 0) is 12.8 Å². The van der Waals surface area contributed by atoms with Crippen molar-refractivity contribution in [3.8, 4) is 0 Å². The van der Waals surface area contributed by atoms with E-state index < -0.39 is 5.60 Å². The Balaban J connectivity index is 0.000000166. The minimum atomic E-state index is -1.10. The molecule has 3 nitrogen and oxygen atoms in total. The molecule has 0 radical (unpaired) electrons. The van der Waals surface area contributed by atoms with Gasteiger partial charge in [-0.25, -0.2) is 0 Å². The Morgan fingerprint density at radius 3 is 2.24 bits per heavy atom. The fourth-order valence-corrected chi connectivity index (χ4v) is 5.96. The van der Waals surface area contributed by atoms with Crippen LogP contribution in [0.2, 0.25) is 0 Å². The Morgan fingerprint density at radius 2 is 1.56 bits per heavy atom. The summed E-state index contributed by atoms with van der Waals surface area (Å²) in [5.74, 6) is -0.109. The molecule has 4 aromatic rings. The largest absolute Gasteiger partial charge is 0.382 e. The zero-order valence-corrected chi connectivity index (χ0v) is 20.8. The molecule has 1 saturated carbocycles. The highest BCUT2D eigenvalue weighted by Gasteiger charge is 2.37. The molecule has 1 aliphatic carbocycles. The number of hydrogen-bond donors (Lipinski definition) is 1. The number of ketones is 1. The normalized spacial score (nSPS) is 15.0. The van der Waals surface area contributed by atoms with Gasteiger partial charge in [0.2, 0.25) is 0 Å². The summed E-state index contributed by atoms with van der Waals surface area (Å²) < 4.78 is 2.24. The first kappa shape index (κ1) is 24.3. The second-order valence-electron chi connectivity index (χ2n) is 9.05. The Hall–Kier alpha value is -2.82. The molecule has 0 aliphatic heterocycles. The lowest BCUT2D eigenvalue weighted by Gasteiger charge is -2.30. The number of aliphatic hydroxyl groups is 1. The Morgan fingerprint density at radius 1 is 0.882 bits per heavy atom. The minimum absolute atomic E-state index is 0.109. The van der Waals surface area contributed by atoms with E-state index in [1.165, 1.54) is 11.1 Å². The summed E-state index contributed by atoms with van der Waals surface area (Å²) in [6.45, 7) is 4.29. The van der Waals surface area contributed by atoms with Crippen LogP contribution in [-0.4, -0.2) is 16.5 Å². The highest BCUT2D eigenvalue weighted by molar-refractivity contribution is 7.24. The van der Waals surface area contributed by atoms with Crippen molar-refractivity contribution < 1.29 is 9.90 Å². The van der Waals surface area contributed by atoms with E-state index in [2.05, 4.69) is 26.0 Å². The second-order valence-corrected chi connectivity index (χ2v) is 10.1. The van der Waals surface area contributed by atoms with Crippen LogP contribution in [0.25, 0.3) is 20.2 Å². The van der Waals surface area contributed by atoms with Gasteiger partial charge in [-0.2, -0.15) is 0 Å². The van der Waals surface area contributed by atoms with Gasteiger partial charge in [0, 0.05) is 25.7 Å². The van der Waals surface area contributed by atoms with Crippen LogP contribution in [0.5, 0.6) is 0 Å². The zero-order chi connectivity index (χ0) is 24.1. The molecule has 34 heavy (non-hydrogen) atoms. The van der Waals surface area contributed by atoms with Crippen LogP contribution >= 0.6 is 11.3 Å². The summed E-state index contributed by atoms with van der Waals surface area (Å²) in [4.78, 5) is 24.7. The van der Waals surface area contributed by atoms with Crippen LogP contribution in [0, 0.1) is 0 Å². The molecule has 1 fully saturated rings.